The van der Waals surface area contributed by atoms with Crippen molar-refractivity contribution in [2.75, 3.05) is 7.11 Å². The minimum atomic E-state index is -0.527. The van der Waals surface area contributed by atoms with Gasteiger partial charge in [0.1, 0.15) is 5.60 Å². The number of ether oxygens (including phenoxy) is 1. The molecule has 2 nitrogen and oxygen atoms in total. The summed E-state index contributed by atoms with van der Waals surface area (Å²) in [5.74, 6) is 5.78. The third-order valence-corrected chi connectivity index (χ3v) is 3.24. The Morgan fingerprint density at radius 1 is 1.27 bits per heavy atom. The first-order chi connectivity index (χ1) is 7.25. The Morgan fingerprint density at radius 2 is 1.87 bits per heavy atom. The van der Waals surface area contributed by atoms with Crippen LogP contribution in [0.5, 0.6) is 0 Å². The van der Waals surface area contributed by atoms with Crippen LogP contribution in [0.15, 0.2) is 0 Å². The average Bonchev–Trinajstić information content (AvgIpc) is 2.52. The van der Waals surface area contributed by atoms with Crippen molar-refractivity contribution >= 4 is 5.78 Å². The van der Waals surface area contributed by atoms with E-state index in [9.17, 15) is 4.79 Å². The summed E-state index contributed by atoms with van der Waals surface area (Å²) in [6.07, 6.45) is 6.71. The standard InChI is InChI=1S/C13H20O2/c1-3-4-9-12(14)13(15-2)10-7-5-6-8-11-13/h5-11H2,1-2H3. The van der Waals surface area contributed by atoms with E-state index < -0.39 is 5.60 Å². The molecule has 0 radical (unpaired) electrons. The highest BCUT2D eigenvalue weighted by Gasteiger charge is 2.37. The third-order valence-electron chi connectivity index (χ3n) is 3.24. The first-order valence-electron chi connectivity index (χ1n) is 5.73. The van der Waals surface area contributed by atoms with Crippen LogP contribution < -0.4 is 0 Å². The molecule has 0 aromatic carbocycles. The van der Waals surface area contributed by atoms with Crippen LogP contribution in [-0.2, 0) is 9.53 Å². The van der Waals surface area contributed by atoms with Crippen LogP contribution in [0.2, 0.25) is 0 Å². The van der Waals surface area contributed by atoms with Crippen LogP contribution >= 0.6 is 0 Å². The van der Waals surface area contributed by atoms with E-state index in [1.54, 1.807) is 14.0 Å². The molecule has 1 saturated carbocycles. The highest BCUT2D eigenvalue weighted by molar-refractivity contribution is 5.89. The van der Waals surface area contributed by atoms with E-state index in [1.165, 1.54) is 12.8 Å². The zero-order chi connectivity index (χ0) is 11.1. The lowest BCUT2D eigenvalue weighted by molar-refractivity contribution is -0.141. The number of Topliss-reactive ketones (excluding diaryl/α,β-unsaturated/α-hetero) is 1. The molecule has 15 heavy (non-hydrogen) atoms. The smallest absolute Gasteiger partial charge is 0.176 e. The summed E-state index contributed by atoms with van der Waals surface area (Å²) in [4.78, 5) is 12.0. The van der Waals surface area contributed by atoms with Crippen molar-refractivity contribution in [2.45, 2.75) is 57.5 Å². The van der Waals surface area contributed by atoms with Gasteiger partial charge in [-0.3, -0.25) is 4.79 Å². The molecule has 1 rings (SSSR count). The van der Waals surface area contributed by atoms with Crippen LogP contribution in [0.1, 0.15) is 51.9 Å². The van der Waals surface area contributed by atoms with Gasteiger partial charge in [-0.05, 0) is 19.8 Å². The van der Waals surface area contributed by atoms with Gasteiger partial charge in [0.25, 0.3) is 0 Å². The normalized spacial score (nSPS) is 19.9. The molecule has 0 aromatic heterocycles. The lowest BCUT2D eigenvalue weighted by Gasteiger charge is -2.29. The van der Waals surface area contributed by atoms with Gasteiger partial charge >= 0.3 is 0 Å². The summed E-state index contributed by atoms with van der Waals surface area (Å²) in [6, 6.07) is 0. The van der Waals surface area contributed by atoms with Gasteiger partial charge in [-0.1, -0.05) is 31.6 Å². The van der Waals surface area contributed by atoms with E-state index in [1.807, 2.05) is 0 Å². The predicted molar refractivity (Wildman–Crippen MR) is 60.5 cm³/mol. The van der Waals surface area contributed by atoms with E-state index >= 15 is 0 Å². The second-order valence-corrected chi connectivity index (χ2v) is 4.14. The fourth-order valence-corrected chi connectivity index (χ4v) is 2.23. The largest absolute Gasteiger partial charge is 0.370 e. The number of hydrogen-bond acceptors (Lipinski definition) is 2. The van der Waals surface area contributed by atoms with E-state index in [-0.39, 0.29) is 5.78 Å². The van der Waals surface area contributed by atoms with Crippen LogP contribution in [0.25, 0.3) is 0 Å². The van der Waals surface area contributed by atoms with Crippen molar-refractivity contribution in [1.82, 2.24) is 0 Å². The Hall–Kier alpha value is -0.810. The maximum atomic E-state index is 12.0. The third kappa shape index (κ3) is 3.07. The molecule has 0 aromatic rings. The second kappa shape index (κ2) is 5.92. The summed E-state index contributed by atoms with van der Waals surface area (Å²) in [5, 5.41) is 0. The minimum absolute atomic E-state index is 0.168. The SMILES string of the molecule is CC#CCC(=O)C1(OC)CCCCCC1. The molecular formula is C13H20O2. The number of hydrogen-bond donors (Lipinski definition) is 0. The fraction of sp³-hybridized carbons (Fsp3) is 0.769. The van der Waals surface area contributed by atoms with Gasteiger partial charge in [-0.2, -0.15) is 0 Å². The Labute approximate surface area is 92.4 Å². The van der Waals surface area contributed by atoms with Gasteiger partial charge in [0.2, 0.25) is 0 Å². The van der Waals surface area contributed by atoms with Gasteiger partial charge in [0, 0.05) is 7.11 Å². The molecule has 1 fully saturated rings. The van der Waals surface area contributed by atoms with E-state index in [0.29, 0.717) is 6.42 Å². The number of carbonyl (C=O) groups excluding carboxylic acids is 1. The molecule has 84 valence electrons. The van der Waals surface area contributed by atoms with Crippen LogP contribution in [0, 0.1) is 11.8 Å². The second-order valence-electron chi connectivity index (χ2n) is 4.14. The monoisotopic (exact) mass is 208 g/mol. The Balaban J connectivity index is 2.70. The lowest BCUT2D eigenvalue weighted by atomic mass is 9.88. The molecule has 2 heteroatoms. The van der Waals surface area contributed by atoms with Gasteiger partial charge in [0.05, 0.1) is 6.42 Å². The van der Waals surface area contributed by atoms with Crippen molar-refractivity contribution in [3.8, 4) is 11.8 Å². The molecule has 0 spiro atoms. The maximum absolute atomic E-state index is 12.0. The number of carbonyl (C=O) groups is 1. The van der Waals surface area contributed by atoms with Crippen molar-refractivity contribution in [3.63, 3.8) is 0 Å². The van der Waals surface area contributed by atoms with Crippen LogP contribution in [-0.4, -0.2) is 18.5 Å². The Morgan fingerprint density at radius 3 is 2.33 bits per heavy atom. The average molecular weight is 208 g/mol. The summed E-state index contributed by atoms with van der Waals surface area (Å²) >= 11 is 0. The van der Waals surface area contributed by atoms with Gasteiger partial charge in [-0.25, -0.2) is 0 Å². The van der Waals surface area contributed by atoms with E-state index in [4.69, 9.17) is 4.74 Å². The minimum Gasteiger partial charge on any atom is -0.370 e. The van der Waals surface area contributed by atoms with Gasteiger partial charge < -0.3 is 4.74 Å². The van der Waals surface area contributed by atoms with E-state index in [0.717, 1.165) is 25.7 Å². The molecule has 0 atom stereocenters. The van der Waals surface area contributed by atoms with Crippen LogP contribution in [0.4, 0.5) is 0 Å². The zero-order valence-corrected chi connectivity index (χ0v) is 9.77. The summed E-state index contributed by atoms with van der Waals surface area (Å²) < 4.78 is 5.50. The molecular weight excluding hydrogens is 188 g/mol. The quantitative estimate of drug-likeness (QED) is 0.526. The van der Waals surface area contributed by atoms with Crippen molar-refractivity contribution in [1.29, 1.82) is 0 Å². The molecule has 0 bridgehead atoms. The number of methoxy groups -OCH3 is 1. The summed E-state index contributed by atoms with van der Waals surface area (Å²) in [7, 11) is 1.66. The van der Waals surface area contributed by atoms with Crippen LogP contribution in [0.3, 0.4) is 0 Å². The first-order valence-corrected chi connectivity index (χ1v) is 5.73. The molecule has 0 amide bonds. The predicted octanol–water partition coefficient (Wildman–Crippen LogP) is 2.71. The molecule has 1 aliphatic carbocycles. The Bertz CT molecular complexity index is 262. The highest BCUT2D eigenvalue weighted by Crippen LogP contribution is 2.31. The summed E-state index contributed by atoms with van der Waals surface area (Å²) in [6.45, 7) is 1.76. The molecule has 0 aliphatic heterocycles. The highest BCUT2D eigenvalue weighted by atomic mass is 16.5. The lowest BCUT2D eigenvalue weighted by Crippen LogP contribution is -2.40. The molecule has 0 saturated heterocycles. The molecule has 0 N–H and O–H groups in total. The van der Waals surface area contributed by atoms with Crippen molar-refractivity contribution < 1.29 is 9.53 Å². The molecule has 0 unspecified atom stereocenters. The molecule has 0 heterocycles. The topological polar surface area (TPSA) is 26.3 Å². The van der Waals surface area contributed by atoms with Crippen molar-refractivity contribution in [2.24, 2.45) is 0 Å². The first kappa shape index (κ1) is 12.3. The number of rotatable bonds is 3. The summed E-state index contributed by atoms with van der Waals surface area (Å²) in [5.41, 5.74) is -0.527. The fourth-order valence-electron chi connectivity index (χ4n) is 2.23. The molecule has 1 aliphatic rings. The zero-order valence-electron chi connectivity index (χ0n) is 9.77. The van der Waals surface area contributed by atoms with E-state index in [2.05, 4.69) is 11.8 Å². The van der Waals surface area contributed by atoms with Crippen molar-refractivity contribution in [3.05, 3.63) is 0 Å². The Kier molecular flexibility index (Phi) is 4.84. The van der Waals surface area contributed by atoms with Gasteiger partial charge in [-0.15, -0.1) is 5.92 Å². The maximum Gasteiger partial charge on any atom is 0.176 e. The van der Waals surface area contributed by atoms with Gasteiger partial charge in [0.15, 0.2) is 5.78 Å². The number of ketones is 1.